The van der Waals surface area contributed by atoms with Gasteiger partial charge in [-0.2, -0.15) is 0 Å². The third kappa shape index (κ3) is 3.82. The highest BCUT2D eigenvalue weighted by Crippen LogP contribution is 2.39. The van der Waals surface area contributed by atoms with E-state index in [1.807, 2.05) is 30.3 Å². The van der Waals surface area contributed by atoms with E-state index in [0.717, 1.165) is 21.9 Å². The fourth-order valence-electron chi connectivity index (χ4n) is 3.64. The first kappa shape index (κ1) is 20.4. The average Bonchev–Trinajstić information content (AvgIpc) is 3.14. The van der Waals surface area contributed by atoms with Crippen LogP contribution >= 0.6 is 0 Å². The number of amides is 1. The Bertz CT molecular complexity index is 1230. The summed E-state index contributed by atoms with van der Waals surface area (Å²) in [7, 11) is 6.18. The smallest absolute Gasteiger partial charge is 0.228 e. The predicted octanol–water partition coefficient (Wildman–Crippen LogP) is 4.80. The van der Waals surface area contributed by atoms with Gasteiger partial charge in [-0.1, -0.05) is 18.2 Å². The summed E-state index contributed by atoms with van der Waals surface area (Å²) in [6.07, 6.45) is 0.109. The number of benzene rings is 3. The third-order valence-corrected chi connectivity index (χ3v) is 5.06. The number of rotatable bonds is 7. The molecule has 1 N–H and O–H groups in total. The van der Waals surface area contributed by atoms with Gasteiger partial charge in [0.1, 0.15) is 16.9 Å². The Labute approximate surface area is 179 Å². The van der Waals surface area contributed by atoms with Crippen molar-refractivity contribution in [3.05, 3.63) is 54.1 Å². The summed E-state index contributed by atoms with van der Waals surface area (Å²) in [5.41, 5.74) is 2.70. The van der Waals surface area contributed by atoms with E-state index in [4.69, 9.17) is 23.4 Å². The molecule has 31 heavy (non-hydrogen) atoms. The van der Waals surface area contributed by atoms with E-state index in [9.17, 15) is 4.79 Å². The summed E-state index contributed by atoms with van der Waals surface area (Å²) in [6.45, 7) is 0. The van der Waals surface area contributed by atoms with Gasteiger partial charge < -0.3 is 28.7 Å². The zero-order valence-electron chi connectivity index (χ0n) is 17.8. The standard InChI is InChI=1S/C24H23NO6/c1-27-20-12-16-15-7-5-6-8-18(15)31-19(16)13-17(20)25-23(26)11-14-9-21(28-2)24(30-4)22(10-14)29-3/h5-10,12-13H,11H2,1-4H3,(H,25,26). The molecule has 0 spiro atoms. The molecule has 0 saturated carbocycles. The van der Waals surface area contributed by atoms with E-state index in [0.29, 0.717) is 34.3 Å². The molecule has 0 unspecified atom stereocenters. The molecule has 0 aliphatic carbocycles. The molecule has 0 aliphatic heterocycles. The Kier molecular flexibility index (Phi) is 5.58. The summed E-state index contributed by atoms with van der Waals surface area (Å²) in [4.78, 5) is 12.8. The summed E-state index contributed by atoms with van der Waals surface area (Å²) in [5.74, 6) is 1.79. The molecule has 3 aromatic carbocycles. The van der Waals surface area contributed by atoms with Crippen LogP contribution in [0.1, 0.15) is 5.56 Å². The van der Waals surface area contributed by atoms with E-state index in [2.05, 4.69) is 5.32 Å². The second-order valence-corrected chi connectivity index (χ2v) is 6.91. The van der Waals surface area contributed by atoms with Gasteiger partial charge in [0.05, 0.1) is 40.5 Å². The molecule has 0 atom stereocenters. The molecule has 1 heterocycles. The van der Waals surface area contributed by atoms with Crippen molar-refractivity contribution in [2.24, 2.45) is 0 Å². The summed E-state index contributed by atoms with van der Waals surface area (Å²) < 4.78 is 27.5. The van der Waals surface area contributed by atoms with Gasteiger partial charge in [-0.3, -0.25) is 4.79 Å². The highest BCUT2D eigenvalue weighted by molar-refractivity contribution is 6.07. The van der Waals surface area contributed by atoms with Crippen molar-refractivity contribution in [3.8, 4) is 23.0 Å². The van der Waals surface area contributed by atoms with Crippen LogP contribution in [-0.4, -0.2) is 34.3 Å². The molecule has 1 aromatic heterocycles. The molecule has 4 aromatic rings. The molecule has 0 saturated heterocycles. The first-order valence-electron chi connectivity index (χ1n) is 9.66. The van der Waals surface area contributed by atoms with Crippen LogP contribution in [0.2, 0.25) is 0 Å². The number of fused-ring (bicyclic) bond motifs is 3. The minimum atomic E-state index is -0.219. The van der Waals surface area contributed by atoms with E-state index in [1.54, 1.807) is 25.3 Å². The first-order valence-corrected chi connectivity index (χ1v) is 9.66. The zero-order chi connectivity index (χ0) is 22.0. The number of para-hydroxylation sites is 1. The molecular formula is C24H23NO6. The Morgan fingerprint density at radius 2 is 1.48 bits per heavy atom. The predicted molar refractivity (Wildman–Crippen MR) is 119 cm³/mol. The van der Waals surface area contributed by atoms with Crippen molar-refractivity contribution in [2.45, 2.75) is 6.42 Å². The molecule has 7 heteroatoms. The fourth-order valence-corrected chi connectivity index (χ4v) is 3.64. The number of hydrogen-bond acceptors (Lipinski definition) is 6. The number of nitrogens with one attached hydrogen (secondary N) is 1. The molecule has 7 nitrogen and oxygen atoms in total. The van der Waals surface area contributed by atoms with Gasteiger partial charge in [-0.05, 0) is 29.8 Å². The monoisotopic (exact) mass is 421 g/mol. The lowest BCUT2D eigenvalue weighted by atomic mass is 10.1. The van der Waals surface area contributed by atoms with Crippen LogP contribution in [0.3, 0.4) is 0 Å². The Morgan fingerprint density at radius 3 is 2.13 bits per heavy atom. The van der Waals surface area contributed by atoms with Crippen LogP contribution in [-0.2, 0) is 11.2 Å². The number of furan rings is 1. The van der Waals surface area contributed by atoms with Gasteiger partial charge in [0.2, 0.25) is 11.7 Å². The van der Waals surface area contributed by atoms with Crippen LogP contribution in [0.4, 0.5) is 5.69 Å². The Balaban J connectivity index is 1.63. The van der Waals surface area contributed by atoms with Gasteiger partial charge >= 0.3 is 0 Å². The molecule has 0 bridgehead atoms. The number of carbonyl (C=O) groups is 1. The molecular weight excluding hydrogens is 398 g/mol. The van der Waals surface area contributed by atoms with Crippen molar-refractivity contribution in [3.63, 3.8) is 0 Å². The second kappa shape index (κ2) is 8.47. The number of anilines is 1. The molecule has 0 fully saturated rings. The minimum Gasteiger partial charge on any atom is -0.495 e. The maximum atomic E-state index is 12.8. The Morgan fingerprint density at radius 1 is 0.806 bits per heavy atom. The maximum Gasteiger partial charge on any atom is 0.228 e. The van der Waals surface area contributed by atoms with Crippen LogP contribution in [0, 0.1) is 0 Å². The molecule has 0 radical (unpaired) electrons. The first-order chi connectivity index (χ1) is 15.1. The lowest BCUT2D eigenvalue weighted by molar-refractivity contribution is -0.115. The molecule has 0 aliphatic rings. The molecule has 1 amide bonds. The topological polar surface area (TPSA) is 79.2 Å². The van der Waals surface area contributed by atoms with E-state index < -0.39 is 0 Å². The lowest BCUT2D eigenvalue weighted by Crippen LogP contribution is -2.15. The lowest BCUT2D eigenvalue weighted by Gasteiger charge is -2.14. The fraction of sp³-hybridized carbons (Fsp3) is 0.208. The SMILES string of the molecule is COc1cc2c(cc1NC(=O)Cc1cc(OC)c(OC)c(OC)c1)oc1ccccc12. The largest absolute Gasteiger partial charge is 0.495 e. The van der Waals surface area contributed by atoms with Crippen molar-refractivity contribution in [1.82, 2.24) is 0 Å². The van der Waals surface area contributed by atoms with Crippen LogP contribution in [0.5, 0.6) is 23.0 Å². The van der Waals surface area contributed by atoms with Crippen LogP contribution in [0.15, 0.2) is 52.9 Å². The van der Waals surface area contributed by atoms with Gasteiger partial charge in [-0.15, -0.1) is 0 Å². The number of hydrogen-bond donors (Lipinski definition) is 1. The highest BCUT2D eigenvalue weighted by atomic mass is 16.5. The van der Waals surface area contributed by atoms with E-state index in [1.165, 1.54) is 21.3 Å². The van der Waals surface area contributed by atoms with Gasteiger partial charge in [-0.25, -0.2) is 0 Å². The summed E-state index contributed by atoms with van der Waals surface area (Å²) in [5, 5.41) is 4.83. The molecule has 4 rings (SSSR count). The summed E-state index contributed by atoms with van der Waals surface area (Å²) in [6, 6.07) is 14.9. The van der Waals surface area contributed by atoms with Crippen LogP contribution in [0.25, 0.3) is 21.9 Å². The van der Waals surface area contributed by atoms with Gasteiger partial charge in [0.25, 0.3) is 0 Å². The zero-order valence-corrected chi connectivity index (χ0v) is 17.8. The highest BCUT2D eigenvalue weighted by Gasteiger charge is 2.17. The van der Waals surface area contributed by atoms with Gasteiger partial charge in [0.15, 0.2) is 11.5 Å². The van der Waals surface area contributed by atoms with E-state index >= 15 is 0 Å². The average molecular weight is 421 g/mol. The van der Waals surface area contributed by atoms with Crippen LogP contribution < -0.4 is 24.3 Å². The third-order valence-electron chi connectivity index (χ3n) is 5.06. The van der Waals surface area contributed by atoms with Gasteiger partial charge in [0, 0.05) is 16.8 Å². The number of methoxy groups -OCH3 is 4. The normalized spacial score (nSPS) is 10.8. The van der Waals surface area contributed by atoms with Crippen molar-refractivity contribution >= 4 is 33.5 Å². The molecule has 160 valence electrons. The summed E-state index contributed by atoms with van der Waals surface area (Å²) >= 11 is 0. The number of ether oxygens (including phenoxy) is 4. The number of carbonyl (C=O) groups excluding carboxylic acids is 1. The Hall–Kier alpha value is -3.87. The van der Waals surface area contributed by atoms with Crippen molar-refractivity contribution < 1.29 is 28.2 Å². The second-order valence-electron chi connectivity index (χ2n) is 6.91. The minimum absolute atomic E-state index is 0.109. The van der Waals surface area contributed by atoms with Crippen molar-refractivity contribution in [1.29, 1.82) is 0 Å². The maximum absolute atomic E-state index is 12.8. The van der Waals surface area contributed by atoms with E-state index in [-0.39, 0.29) is 12.3 Å². The quantitative estimate of drug-likeness (QED) is 0.462. The van der Waals surface area contributed by atoms with Crippen molar-refractivity contribution in [2.75, 3.05) is 33.8 Å².